The molecule has 0 aliphatic rings. The molecular weight excluding hydrogens is 350 g/mol. The first-order chi connectivity index (χ1) is 13.6. The van der Waals surface area contributed by atoms with Gasteiger partial charge in [0.2, 0.25) is 0 Å². The third-order valence-corrected chi connectivity index (χ3v) is 4.61. The molecule has 0 saturated heterocycles. The Hall–Kier alpha value is -3.67. The highest BCUT2D eigenvalue weighted by molar-refractivity contribution is 6.06. The maximum absolute atomic E-state index is 12.9. The second-order valence-corrected chi connectivity index (χ2v) is 6.65. The maximum atomic E-state index is 12.9. The van der Waals surface area contributed by atoms with Gasteiger partial charge < -0.3 is 5.32 Å². The zero-order chi connectivity index (χ0) is 19.5. The number of anilines is 1. The molecule has 6 heteroatoms. The van der Waals surface area contributed by atoms with Crippen molar-refractivity contribution in [1.29, 1.82) is 0 Å². The minimum absolute atomic E-state index is 0.159. The summed E-state index contributed by atoms with van der Waals surface area (Å²) in [6, 6.07) is 19.5. The van der Waals surface area contributed by atoms with Gasteiger partial charge in [-0.3, -0.25) is 9.48 Å². The summed E-state index contributed by atoms with van der Waals surface area (Å²) < 4.78 is 3.65. The number of nitrogens with one attached hydrogen (secondary N) is 1. The zero-order valence-corrected chi connectivity index (χ0v) is 15.8. The lowest BCUT2D eigenvalue weighted by molar-refractivity contribution is 0.102. The van der Waals surface area contributed by atoms with Gasteiger partial charge in [0.05, 0.1) is 29.2 Å². The summed E-state index contributed by atoms with van der Waals surface area (Å²) in [6.45, 7) is 4.42. The summed E-state index contributed by atoms with van der Waals surface area (Å²) in [4.78, 5) is 12.9. The Kier molecular flexibility index (Phi) is 4.76. The van der Waals surface area contributed by atoms with Crippen LogP contribution in [0.5, 0.6) is 0 Å². The highest BCUT2D eigenvalue weighted by atomic mass is 16.1. The standard InChI is InChI=1S/C22H21N5O/c1-16-21(17(2)27(25-16)20-10-4-3-5-11-20)22(28)24-19-9-6-8-18(14-19)15-26-13-7-12-23-26/h3-14H,15H2,1-2H3,(H,24,28). The van der Waals surface area contributed by atoms with Gasteiger partial charge in [-0.1, -0.05) is 30.3 Å². The summed E-state index contributed by atoms with van der Waals surface area (Å²) >= 11 is 0. The molecule has 0 aliphatic heterocycles. The van der Waals surface area contributed by atoms with Crippen molar-refractivity contribution < 1.29 is 4.79 Å². The monoisotopic (exact) mass is 371 g/mol. The molecule has 1 amide bonds. The van der Waals surface area contributed by atoms with E-state index in [0.29, 0.717) is 17.8 Å². The Labute approximate surface area is 163 Å². The fourth-order valence-corrected chi connectivity index (χ4v) is 3.31. The zero-order valence-electron chi connectivity index (χ0n) is 15.8. The van der Waals surface area contributed by atoms with Crippen LogP contribution in [0.25, 0.3) is 5.69 Å². The van der Waals surface area contributed by atoms with Crippen molar-refractivity contribution in [2.45, 2.75) is 20.4 Å². The highest BCUT2D eigenvalue weighted by Gasteiger charge is 2.19. The van der Waals surface area contributed by atoms with Crippen LogP contribution in [-0.2, 0) is 6.54 Å². The number of aryl methyl sites for hydroxylation is 1. The molecule has 0 aliphatic carbocycles. The smallest absolute Gasteiger partial charge is 0.259 e. The van der Waals surface area contributed by atoms with Crippen molar-refractivity contribution >= 4 is 11.6 Å². The minimum atomic E-state index is -0.159. The van der Waals surface area contributed by atoms with Crippen molar-refractivity contribution in [2.24, 2.45) is 0 Å². The molecule has 2 aromatic heterocycles. The van der Waals surface area contributed by atoms with E-state index in [1.807, 2.05) is 85.4 Å². The van der Waals surface area contributed by atoms with Gasteiger partial charge in [0.1, 0.15) is 0 Å². The predicted octanol–water partition coefficient (Wildman–Crippen LogP) is 3.99. The van der Waals surface area contributed by atoms with Gasteiger partial charge in [-0.05, 0) is 49.7 Å². The van der Waals surface area contributed by atoms with Crippen molar-refractivity contribution in [2.75, 3.05) is 5.32 Å². The number of carbonyl (C=O) groups excluding carboxylic acids is 1. The molecule has 1 N–H and O–H groups in total. The summed E-state index contributed by atoms with van der Waals surface area (Å²) in [7, 11) is 0. The molecule has 140 valence electrons. The number of hydrogen-bond donors (Lipinski definition) is 1. The molecule has 6 nitrogen and oxygen atoms in total. The quantitative estimate of drug-likeness (QED) is 0.577. The lowest BCUT2D eigenvalue weighted by Gasteiger charge is -2.09. The Bertz CT molecular complexity index is 1100. The van der Waals surface area contributed by atoms with E-state index in [1.54, 1.807) is 10.9 Å². The largest absolute Gasteiger partial charge is 0.322 e. The Morgan fingerprint density at radius 1 is 1.04 bits per heavy atom. The molecule has 2 aromatic carbocycles. The van der Waals surface area contributed by atoms with E-state index in [0.717, 1.165) is 22.6 Å². The molecule has 0 bridgehead atoms. The summed E-state index contributed by atoms with van der Waals surface area (Å²) in [5, 5.41) is 11.8. The van der Waals surface area contributed by atoms with Crippen LogP contribution in [0, 0.1) is 13.8 Å². The van der Waals surface area contributed by atoms with Crippen LogP contribution in [0.4, 0.5) is 5.69 Å². The van der Waals surface area contributed by atoms with Gasteiger partial charge in [0, 0.05) is 18.1 Å². The first-order valence-electron chi connectivity index (χ1n) is 9.11. The number of aromatic nitrogens is 4. The first kappa shape index (κ1) is 17.7. The Balaban J connectivity index is 1.57. The van der Waals surface area contributed by atoms with Crippen LogP contribution < -0.4 is 5.32 Å². The van der Waals surface area contributed by atoms with Crippen LogP contribution >= 0.6 is 0 Å². The van der Waals surface area contributed by atoms with Gasteiger partial charge in [-0.25, -0.2) is 4.68 Å². The number of benzene rings is 2. The van der Waals surface area contributed by atoms with E-state index < -0.39 is 0 Å². The van der Waals surface area contributed by atoms with Crippen molar-refractivity contribution in [3.05, 3.63) is 95.6 Å². The Morgan fingerprint density at radius 3 is 2.61 bits per heavy atom. The second kappa shape index (κ2) is 7.52. The number of amides is 1. The summed E-state index contributed by atoms with van der Waals surface area (Å²) in [5.74, 6) is -0.159. The Morgan fingerprint density at radius 2 is 1.86 bits per heavy atom. The topological polar surface area (TPSA) is 64.7 Å². The van der Waals surface area contributed by atoms with Crippen LogP contribution in [0.3, 0.4) is 0 Å². The summed E-state index contributed by atoms with van der Waals surface area (Å²) in [6.07, 6.45) is 3.66. The molecule has 0 fully saturated rings. The fraction of sp³-hybridized carbons (Fsp3) is 0.136. The number of para-hydroxylation sites is 1. The minimum Gasteiger partial charge on any atom is -0.322 e. The number of carbonyl (C=O) groups is 1. The van der Waals surface area contributed by atoms with Gasteiger partial charge in [-0.15, -0.1) is 0 Å². The lowest BCUT2D eigenvalue weighted by Crippen LogP contribution is -2.14. The fourth-order valence-electron chi connectivity index (χ4n) is 3.31. The molecule has 0 unspecified atom stereocenters. The average molecular weight is 371 g/mol. The van der Waals surface area contributed by atoms with E-state index in [9.17, 15) is 4.79 Å². The normalized spacial score (nSPS) is 10.8. The summed E-state index contributed by atoms with van der Waals surface area (Å²) in [5.41, 5.74) is 4.86. The molecular formula is C22H21N5O. The third-order valence-electron chi connectivity index (χ3n) is 4.61. The van der Waals surface area contributed by atoms with E-state index in [1.165, 1.54) is 0 Å². The first-order valence-corrected chi connectivity index (χ1v) is 9.11. The van der Waals surface area contributed by atoms with Crippen molar-refractivity contribution in [3.63, 3.8) is 0 Å². The number of rotatable bonds is 5. The molecule has 0 saturated carbocycles. The van der Waals surface area contributed by atoms with E-state index >= 15 is 0 Å². The average Bonchev–Trinajstić information content (AvgIpc) is 3.30. The predicted molar refractivity (Wildman–Crippen MR) is 109 cm³/mol. The second-order valence-electron chi connectivity index (χ2n) is 6.65. The van der Waals surface area contributed by atoms with Crippen LogP contribution in [-0.4, -0.2) is 25.5 Å². The van der Waals surface area contributed by atoms with Crippen molar-refractivity contribution in [1.82, 2.24) is 19.6 Å². The van der Waals surface area contributed by atoms with Gasteiger partial charge in [0.15, 0.2) is 0 Å². The molecule has 0 radical (unpaired) electrons. The van der Waals surface area contributed by atoms with E-state index in [4.69, 9.17) is 0 Å². The molecule has 0 spiro atoms. The SMILES string of the molecule is Cc1nn(-c2ccccc2)c(C)c1C(=O)Nc1cccc(Cn2cccn2)c1. The number of hydrogen-bond acceptors (Lipinski definition) is 3. The molecule has 0 atom stereocenters. The van der Waals surface area contributed by atoms with Crippen LogP contribution in [0.1, 0.15) is 27.3 Å². The molecule has 28 heavy (non-hydrogen) atoms. The number of nitrogens with zero attached hydrogens (tertiary/aromatic N) is 4. The van der Waals surface area contributed by atoms with E-state index in [2.05, 4.69) is 15.5 Å². The lowest BCUT2D eigenvalue weighted by atomic mass is 10.1. The van der Waals surface area contributed by atoms with Gasteiger partial charge in [-0.2, -0.15) is 10.2 Å². The van der Waals surface area contributed by atoms with Crippen LogP contribution in [0.15, 0.2) is 73.1 Å². The molecule has 4 aromatic rings. The van der Waals surface area contributed by atoms with E-state index in [-0.39, 0.29) is 5.91 Å². The van der Waals surface area contributed by atoms with Gasteiger partial charge in [0.25, 0.3) is 5.91 Å². The maximum Gasteiger partial charge on any atom is 0.259 e. The van der Waals surface area contributed by atoms with Crippen molar-refractivity contribution in [3.8, 4) is 5.69 Å². The molecule has 4 rings (SSSR count). The highest BCUT2D eigenvalue weighted by Crippen LogP contribution is 2.20. The van der Waals surface area contributed by atoms with Gasteiger partial charge >= 0.3 is 0 Å². The third kappa shape index (κ3) is 3.57. The molecule has 2 heterocycles. The van der Waals surface area contributed by atoms with Crippen LogP contribution in [0.2, 0.25) is 0 Å².